The Morgan fingerprint density at radius 1 is 1.03 bits per heavy atom. The van der Waals surface area contributed by atoms with E-state index in [0.29, 0.717) is 18.7 Å². The third kappa shape index (κ3) is 6.35. The van der Waals surface area contributed by atoms with E-state index in [1.54, 1.807) is 4.90 Å². The van der Waals surface area contributed by atoms with E-state index in [1.807, 2.05) is 70.2 Å². The predicted octanol–water partition coefficient (Wildman–Crippen LogP) is 4.86. The summed E-state index contributed by atoms with van der Waals surface area (Å²) in [4.78, 5) is 28.1. The van der Waals surface area contributed by atoms with Crippen molar-refractivity contribution in [3.63, 3.8) is 0 Å². The fourth-order valence-corrected chi connectivity index (χ4v) is 4.36. The summed E-state index contributed by atoms with van der Waals surface area (Å²) in [7, 11) is 0. The summed E-state index contributed by atoms with van der Waals surface area (Å²) in [5, 5.41) is 3.18. The first kappa shape index (κ1) is 23.8. The van der Waals surface area contributed by atoms with Gasteiger partial charge in [-0.15, -0.1) is 0 Å². The molecule has 1 fully saturated rings. The summed E-state index contributed by atoms with van der Waals surface area (Å²) in [6.45, 7) is 8.28. The van der Waals surface area contributed by atoms with Crippen LogP contribution in [0.25, 0.3) is 0 Å². The van der Waals surface area contributed by atoms with Crippen LogP contribution >= 0.6 is 0 Å². The van der Waals surface area contributed by atoms with E-state index >= 15 is 0 Å². The van der Waals surface area contributed by atoms with E-state index in [-0.39, 0.29) is 24.5 Å². The van der Waals surface area contributed by atoms with Crippen LogP contribution in [0.2, 0.25) is 0 Å². The Hall–Kier alpha value is -2.82. The molecule has 5 heteroatoms. The second-order valence-electron chi connectivity index (χ2n) is 8.98. The summed E-state index contributed by atoms with van der Waals surface area (Å²) in [6.07, 6.45) is 4.89. The van der Waals surface area contributed by atoms with Crippen molar-refractivity contribution in [2.45, 2.75) is 78.4 Å². The third-order valence-electron chi connectivity index (χ3n) is 6.24. The highest BCUT2D eigenvalue weighted by molar-refractivity contribution is 5.88. The quantitative estimate of drug-likeness (QED) is 0.611. The monoisotopic (exact) mass is 436 g/mol. The molecular weight excluding hydrogens is 400 g/mol. The van der Waals surface area contributed by atoms with Crippen molar-refractivity contribution >= 4 is 11.8 Å². The van der Waals surface area contributed by atoms with Crippen molar-refractivity contribution in [3.8, 4) is 5.75 Å². The van der Waals surface area contributed by atoms with Crippen LogP contribution in [0.4, 0.5) is 0 Å². The Bertz CT molecular complexity index is 917. The molecule has 172 valence electrons. The number of amides is 2. The highest BCUT2D eigenvalue weighted by Gasteiger charge is 2.30. The standard InChI is InChI=1S/C27H36N2O3/c1-5-24(27(31)28-23-8-6-7-9-23)29(17-22-13-10-19(2)11-14-22)26(30)18-32-25-15-12-20(3)16-21(25)4/h10-16,23-24H,5-9,17-18H2,1-4H3,(H,28,31)/t24-/m0/s1. The molecule has 1 aliphatic carbocycles. The molecule has 0 heterocycles. The van der Waals surface area contributed by atoms with Crippen LogP contribution in [0.15, 0.2) is 42.5 Å². The molecule has 0 spiro atoms. The van der Waals surface area contributed by atoms with E-state index in [4.69, 9.17) is 4.74 Å². The first-order valence-electron chi connectivity index (χ1n) is 11.7. The third-order valence-corrected chi connectivity index (χ3v) is 6.24. The first-order chi connectivity index (χ1) is 15.4. The zero-order chi connectivity index (χ0) is 23.1. The van der Waals surface area contributed by atoms with Crippen molar-refractivity contribution in [3.05, 3.63) is 64.7 Å². The smallest absolute Gasteiger partial charge is 0.261 e. The highest BCUT2D eigenvalue weighted by atomic mass is 16.5. The number of nitrogens with zero attached hydrogens (tertiary/aromatic N) is 1. The summed E-state index contributed by atoms with van der Waals surface area (Å²) >= 11 is 0. The lowest BCUT2D eigenvalue weighted by Gasteiger charge is -2.31. The van der Waals surface area contributed by atoms with Crippen LogP contribution in [0.5, 0.6) is 5.75 Å². The fourth-order valence-electron chi connectivity index (χ4n) is 4.36. The molecule has 0 radical (unpaired) electrons. The van der Waals surface area contributed by atoms with Gasteiger partial charge in [0.2, 0.25) is 5.91 Å². The van der Waals surface area contributed by atoms with Gasteiger partial charge in [-0.2, -0.15) is 0 Å². The maximum atomic E-state index is 13.3. The van der Waals surface area contributed by atoms with Gasteiger partial charge >= 0.3 is 0 Å². The van der Waals surface area contributed by atoms with Crippen molar-refractivity contribution in [2.75, 3.05) is 6.61 Å². The lowest BCUT2D eigenvalue weighted by molar-refractivity contribution is -0.143. The Kier molecular flexibility index (Phi) is 8.32. The molecule has 1 aliphatic rings. The van der Waals surface area contributed by atoms with Crippen LogP contribution in [-0.2, 0) is 16.1 Å². The van der Waals surface area contributed by atoms with Gasteiger partial charge in [-0.25, -0.2) is 0 Å². The largest absolute Gasteiger partial charge is 0.483 e. The number of nitrogens with one attached hydrogen (secondary N) is 1. The number of carbonyl (C=O) groups is 2. The maximum Gasteiger partial charge on any atom is 0.261 e. The summed E-state index contributed by atoms with van der Waals surface area (Å²) in [6, 6.07) is 13.7. The molecule has 1 atom stereocenters. The van der Waals surface area contributed by atoms with Gasteiger partial charge in [0.05, 0.1) is 0 Å². The molecule has 0 aromatic heterocycles. The van der Waals surface area contributed by atoms with Gasteiger partial charge < -0.3 is 15.0 Å². The Morgan fingerprint density at radius 3 is 2.31 bits per heavy atom. The van der Waals surface area contributed by atoms with Gasteiger partial charge in [0.25, 0.3) is 5.91 Å². The molecule has 5 nitrogen and oxygen atoms in total. The summed E-state index contributed by atoms with van der Waals surface area (Å²) in [5.41, 5.74) is 4.31. The van der Waals surface area contributed by atoms with E-state index in [0.717, 1.165) is 47.9 Å². The predicted molar refractivity (Wildman–Crippen MR) is 128 cm³/mol. The van der Waals surface area contributed by atoms with E-state index in [2.05, 4.69) is 5.32 Å². The number of carbonyl (C=O) groups excluding carboxylic acids is 2. The minimum Gasteiger partial charge on any atom is -0.483 e. The minimum atomic E-state index is -0.521. The Morgan fingerprint density at radius 2 is 1.69 bits per heavy atom. The van der Waals surface area contributed by atoms with Gasteiger partial charge in [-0.05, 0) is 57.2 Å². The Balaban J connectivity index is 1.76. The topological polar surface area (TPSA) is 58.6 Å². The molecule has 0 unspecified atom stereocenters. The molecule has 2 aromatic rings. The van der Waals surface area contributed by atoms with Crippen molar-refractivity contribution in [1.82, 2.24) is 10.2 Å². The lowest BCUT2D eigenvalue weighted by atomic mass is 10.1. The molecular formula is C27H36N2O3. The molecule has 1 N–H and O–H groups in total. The number of hydrogen-bond acceptors (Lipinski definition) is 3. The van der Waals surface area contributed by atoms with Crippen molar-refractivity contribution in [2.24, 2.45) is 0 Å². The first-order valence-corrected chi connectivity index (χ1v) is 11.7. The van der Waals surface area contributed by atoms with E-state index < -0.39 is 6.04 Å². The zero-order valence-electron chi connectivity index (χ0n) is 19.8. The van der Waals surface area contributed by atoms with Crippen LogP contribution in [0.1, 0.15) is 61.3 Å². The summed E-state index contributed by atoms with van der Waals surface area (Å²) in [5.74, 6) is 0.452. The van der Waals surface area contributed by atoms with Crippen LogP contribution < -0.4 is 10.1 Å². The molecule has 3 rings (SSSR count). The molecule has 0 aliphatic heterocycles. The molecule has 32 heavy (non-hydrogen) atoms. The van der Waals surface area contributed by atoms with Gasteiger partial charge in [0.15, 0.2) is 6.61 Å². The second-order valence-corrected chi connectivity index (χ2v) is 8.98. The van der Waals surface area contributed by atoms with Crippen molar-refractivity contribution in [1.29, 1.82) is 0 Å². The van der Waals surface area contributed by atoms with Crippen LogP contribution in [0.3, 0.4) is 0 Å². The number of hydrogen-bond donors (Lipinski definition) is 1. The van der Waals surface area contributed by atoms with Crippen LogP contribution in [0, 0.1) is 20.8 Å². The molecule has 0 bridgehead atoms. The minimum absolute atomic E-state index is 0.0635. The highest BCUT2D eigenvalue weighted by Crippen LogP contribution is 2.21. The van der Waals surface area contributed by atoms with Gasteiger partial charge in [-0.1, -0.05) is 67.3 Å². The SMILES string of the molecule is CC[C@@H](C(=O)NC1CCCC1)N(Cc1ccc(C)cc1)C(=O)COc1ccc(C)cc1C. The molecule has 2 amide bonds. The lowest BCUT2D eigenvalue weighted by Crippen LogP contribution is -2.52. The number of aryl methyl sites for hydroxylation is 3. The zero-order valence-corrected chi connectivity index (χ0v) is 19.8. The van der Waals surface area contributed by atoms with Gasteiger partial charge in [-0.3, -0.25) is 9.59 Å². The second kappa shape index (κ2) is 11.2. The van der Waals surface area contributed by atoms with Crippen LogP contribution in [-0.4, -0.2) is 35.4 Å². The number of ether oxygens (including phenoxy) is 1. The molecule has 2 aromatic carbocycles. The van der Waals surface area contributed by atoms with Gasteiger partial charge in [0, 0.05) is 12.6 Å². The normalized spacial score (nSPS) is 14.8. The van der Waals surface area contributed by atoms with Gasteiger partial charge in [0.1, 0.15) is 11.8 Å². The molecule has 0 saturated heterocycles. The maximum absolute atomic E-state index is 13.3. The fraction of sp³-hybridized carbons (Fsp3) is 0.481. The van der Waals surface area contributed by atoms with Crippen molar-refractivity contribution < 1.29 is 14.3 Å². The average molecular weight is 437 g/mol. The number of benzene rings is 2. The Labute approximate surface area is 192 Å². The number of rotatable bonds is 9. The van der Waals surface area contributed by atoms with E-state index in [9.17, 15) is 9.59 Å². The summed E-state index contributed by atoms with van der Waals surface area (Å²) < 4.78 is 5.88. The van der Waals surface area contributed by atoms with E-state index in [1.165, 1.54) is 0 Å². The molecule has 1 saturated carbocycles. The average Bonchev–Trinajstić information content (AvgIpc) is 3.27.